The van der Waals surface area contributed by atoms with Crippen molar-refractivity contribution in [1.29, 1.82) is 0 Å². The van der Waals surface area contributed by atoms with Gasteiger partial charge >= 0.3 is 0 Å². The number of ether oxygens (including phenoxy) is 1. The highest BCUT2D eigenvalue weighted by Gasteiger charge is 2.29. The lowest BCUT2D eigenvalue weighted by atomic mass is 9.99. The largest absolute Gasteiger partial charge is 0.381 e. The average molecular weight is 228 g/mol. The minimum absolute atomic E-state index is 0.261. The van der Waals surface area contributed by atoms with E-state index in [0.717, 1.165) is 45.7 Å². The van der Waals surface area contributed by atoms with Gasteiger partial charge < -0.3 is 10.1 Å². The lowest BCUT2D eigenvalue weighted by Crippen LogP contribution is -2.60. The summed E-state index contributed by atoms with van der Waals surface area (Å²) in [5, 5.41) is 3.58. The summed E-state index contributed by atoms with van der Waals surface area (Å²) in [6.45, 7) is 14.2. The quantitative estimate of drug-likeness (QED) is 0.703. The standard InChI is InChI=1S/C13H28N2O/c1-5-8-16-9-6-7-15-11-13(3,4)14-10-12(15)2/h12,14H,5-11H2,1-4H3. The second kappa shape index (κ2) is 6.58. The van der Waals surface area contributed by atoms with E-state index < -0.39 is 0 Å². The zero-order chi connectivity index (χ0) is 12.0. The van der Waals surface area contributed by atoms with Crippen LogP contribution in [0.2, 0.25) is 0 Å². The van der Waals surface area contributed by atoms with E-state index in [1.54, 1.807) is 0 Å². The van der Waals surface area contributed by atoms with Crippen LogP contribution in [0.15, 0.2) is 0 Å². The minimum atomic E-state index is 0.261. The number of rotatable bonds is 6. The Morgan fingerprint density at radius 3 is 2.81 bits per heavy atom. The maximum absolute atomic E-state index is 5.52. The maximum atomic E-state index is 5.52. The predicted molar refractivity (Wildman–Crippen MR) is 68.8 cm³/mol. The lowest BCUT2D eigenvalue weighted by Gasteiger charge is -2.43. The van der Waals surface area contributed by atoms with E-state index in [1.165, 1.54) is 0 Å². The van der Waals surface area contributed by atoms with Gasteiger partial charge in [0.1, 0.15) is 0 Å². The van der Waals surface area contributed by atoms with Crippen LogP contribution in [-0.4, -0.2) is 49.3 Å². The Kier molecular flexibility index (Phi) is 5.73. The summed E-state index contributed by atoms with van der Waals surface area (Å²) in [7, 11) is 0. The summed E-state index contributed by atoms with van der Waals surface area (Å²) in [6.07, 6.45) is 2.28. The third-order valence-corrected chi connectivity index (χ3v) is 3.18. The van der Waals surface area contributed by atoms with Crippen LogP contribution in [0.4, 0.5) is 0 Å². The molecule has 1 fully saturated rings. The number of hydrogen-bond acceptors (Lipinski definition) is 3. The molecule has 96 valence electrons. The smallest absolute Gasteiger partial charge is 0.0478 e. The molecule has 1 heterocycles. The highest BCUT2D eigenvalue weighted by molar-refractivity contribution is 4.90. The van der Waals surface area contributed by atoms with E-state index in [4.69, 9.17) is 4.74 Å². The molecule has 0 amide bonds. The zero-order valence-corrected chi connectivity index (χ0v) is 11.4. The maximum Gasteiger partial charge on any atom is 0.0478 e. The molecule has 0 saturated carbocycles. The first kappa shape index (κ1) is 13.9. The van der Waals surface area contributed by atoms with Gasteiger partial charge in [-0.3, -0.25) is 4.90 Å². The summed E-state index contributed by atoms with van der Waals surface area (Å²) < 4.78 is 5.52. The van der Waals surface area contributed by atoms with Crippen molar-refractivity contribution in [2.45, 2.75) is 52.1 Å². The summed E-state index contributed by atoms with van der Waals surface area (Å²) in [5.74, 6) is 0. The number of nitrogens with one attached hydrogen (secondary N) is 1. The summed E-state index contributed by atoms with van der Waals surface area (Å²) >= 11 is 0. The van der Waals surface area contributed by atoms with Gasteiger partial charge in [-0.15, -0.1) is 0 Å². The Bertz CT molecular complexity index is 194. The van der Waals surface area contributed by atoms with E-state index >= 15 is 0 Å². The monoisotopic (exact) mass is 228 g/mol. The molecule has 0 radical (unpaired) electrons. The Hall–Kier alpha value is -0.120. The molecule has 0 aromatic heterocycles. The van der Waals surface area contributed by atoms with Crippen LogP contribution in [0.3, 0.4) is 0 Å². The van der Waals surface area contributed by atoms with Gasteiger partial charge in [-0.05, 0) is 33.6 Å². The molecule has 0 aliphatic carbocycles. The molecule has 1 aliphatic rings. The van der Waals surface area contributed by atoms with Crippen molar-refractivity contribution in [2.24, 2.45) is 0 Å². The Morgan fingerprint density at radius 2 is 2.12 bits per heavy atom. The third kappa shape index (κ3) is 4.81. The molecule has 1 rings (SSSR count). The van der Waals surface area contributed by atoms with Gasteiger partial charge in [0.15, 0.2) is 0 Å². The average Bonchev–Trinajstić information content (AvgIpc) is 2.23. The van der Waals surface area contributed by atoms with Crippen molar-refractivity contribution in [3.8, 4) is 0 Å². The molecule has 3 heteroatoms. The Balaban J connectivity index is 2.18. The molecule has 0 aromatic carbocycles. The SMILES string of the molecule is CCCOCCCN1CC(C)(C)NCC1C. The van der Waals surface area contributed by atoms with E-state index in [9.17, 15) is 0 Å². The Morgan fingerprint density at radius 1 is 1.38 bits per heavy atom. The summed E-state index contributed by atoms with van der Waals surface area (Å²) in [4.78, 5) is 2.58. The van der Waals surface area contributed by atoms with Crippen molar-refractivity contribution in [3.63, 3.8) is 0 Å². The number of hydrogen-bond donors (Lipinski definition) is 1. The van der Waals surface area contributed by atoms with Crippen molar-refractivity contribution in [1.82, 2.24) is 10.2 Å². The van der Waals surface area contributed by atoms with Crippen molar-refractivity contribution in [2.75, 3.05) is 32.8 Å². The van der Waals surface area contributed by atoms with Crippen LogP contribution >= 0.6 is 0 Å². The fraction of sp³-hybridized carbons (Fsp3) is 1.00. The second-order valence-corrected chi connectivity index (χ2v) is 5.55. The molecule has 0 bridgehead atoms. The van der Waals surface area contributed by atoms with E-state index in [0.29, 0.717) is 6.04 Å². The van der Waals surface area contributed by atoms with E-state index in [2.05, 4.69) is 37.9 Å². The van der Waals surface area contributed by atoms with Gasteiger partial charge in [0.2, 0.25) is 0 Å². The normalized spacial score (nSPS) is 25.9. The van der Waals surface area contributed by atoms with Gasteiger partial charge in [-0.1, -0.05) is 6.92 Å². The van der Waals surface area contributed by atoms with Crippen LogP contribution in [0.5, 0.6) is 0 Å². The van der Waals surface area contributed by atoms with Gasteiger partial charge in [0.25, 0.3) is 0 Å². The molecule has 1 N–H and O–H groups in total. The molecule has 0 spiro atoms. The van der Waals surface area contributed by atoms with Crippen molar-refractivity contribution < 1.29 is 4.74 Å². The first-order valence-corrected chi connectivity index (χ1v) is 6.62. The molecule has 1 saturated heterocycles. The van der Waals surface area contributed by atoms with Gasteiger partial charge in [0.05, 0.1) is 0 Å². The fourth-order valence-corrected chi connectivity index (χ4v) is 2.19. The Labute approximate surface area is 101 Å². The molecular formula is C13H28N2O. The highest BCUT2D eigenvalue weighted by Crippen LogP contribution is 2.14. The molecule has 1 atom stereocenters. The summed E-state index contributed by atoms with van der Waals surface area (Å²) in [5.41, 5.74) is 0.261. The first-order valence-electron chi connectivity index (χ1n) is 6.62. The fourth-order valence-electron chi connectivity index (χ4n) is 2.19. The molecule has 1 aliphatic heterocycles. The van der Waals surface area contributed by atoms with Gasteiger partial charge in [-0.2, -0.15) is 0 Å². The van der Waals surface area contributed by atoms with Crippen LogP contribution in [0.1, 0.15) is 40.5 Å². The zero-order valence-electron chi connectivity index (χ0n) is 11.4. The first-order chi connectivity index (χ1) is 7.55. The minimum Gasteiger partial charge on any atom is -0.381 e. The molecule has 1 unspecified atom stereocenters. The number of piperazine rings is 1. The van der Waals surface area contributed by atoms with Crippen LogP contribution < -0.4 is 5.32 Å². The van der Waals surface area contributed by atoms with E-state index in [1.807, 2.05) is 0 Å². The lowest BCUT2D eigenvalue weighted by molar-refractivity contribution is 0.0799. The molecule has 0 aromatic rings. The molecule has 16 heavy (non-hydrogen) atoms. The van der Waals surface area contributed by atoms with Crippen molar-refractivity contribution in [3.05, 3.63) is 0 Å². The van der Waals surface area contributed by atoms with Gasteiger partial charge in [-0.25, -0.2) is 0 Å². The van der Waals surface area contributed by atoms with Crippen LogP contribution in [0, 0.1) is 0 Å². The van der Waals surface area contributed by atoms with Crippen LogP contribution in [-0.2, 0) is 4.74 Å². The van der Waals surface area contributed by atoms with Gasteiger partial charge in [0, 0.05) is 44.4 Å². The topological polar surface area (TPSA) is 24.5 Å². The molecule has 3 nitrogen and oxygen atoms in total. The van der Waals surface area contributed by atoms with E-state index in [-0.39, 0.29) is 5.54 Å². The van der Waals surface area contributed by atoms with Crippen LogP contribution in [0.25, 0.3) is 0 Å². The highest BCUT2D eigenvalue weighted by atomic mass is 16.5. The second-order valence-electron chi connectivity index (χ2n) is 5.55. The van der Waals surface area contributed by atoms with Crippen molar-refractivity contribution >= 4 is 0 Å². The third-order valence-electron chi connectivity index (χ3n) is 3.18. The predicted octanol–water partition coefficient (Wildman–Crippen LogP) is 1.88. The molecular weight excluding hydrogens is 200 g/mol. The summed E-state index contributed by atoms with van der Waals surface area (Å²) in [6, 6.07) is 0.652. The number of nitrogens with zero attached hydrogens (tertiary/aromatic N) is 1.